The maximum Gasteiger partial charge on any atom is 0.258 e. The van der Waals surface area contributed by atoms with Gasteiger partial charge in [0.1, 0.15) is 0 Å². The van der Waals surface area contributed by atoms with Gasteiger partial charge >= 0.3 is 0 Å². The Hall–Kier alpha value is -2.89. The molecule has 0 fully saturated rings. The highest BCUT2D eigenvalue weighted by Gasteiger charge is 2.10. The van der Waals surface area contributed by atoms with E-state index in [0.717, 1.165) is 6.54 Å². The van der Waals surface area contributed by atoms with E-state index in [4.69, 9.17) is 0 Å². The highest BCUT2D eigenvalue weighted by Crippen LogP contribution is 2.10. The van der Waals surface area contributed by atoms with Crippen LogP contribution in [0.15, 0.2) is 49.1 Å². The van der Waals surface area contributed by atoms with Crippen LogP contribution in [0.3, 0.4) is 0 Å². The summed E-state index contributed by atoms with van der Waals surface area (Å²) in [6.45, 7) is 5.45. The van der Waals surface area contributed by atoms with Gasteiger partial charge in [-0.25, -0.2) is 0 Å². The Bertz CT molecular complexity index is 801. The average Bonchev–Trinajstić information content (AvgIpc) is 3.19. The molecule has 0 saturated carbocycles. The van der Waals surface area contributed by atoms with Gasteiger partial charge in [0.25, 0.3) is 5.91 Å². The van der Waals surface area contributed by atoms with E-state index in [2.05, 4.69) is 46.7 Å². The molecule has 1 N–H and O–H groups in total. The lowest BCUT2D eigenvalue weighted by Crippen LogP contribution is -2.10. The predicted octanol–water partition coefficient (Wildman–Crippen LogP) is 2.71. The summed E-state index contributed by atoms with van der Waals surface area (Å²) in [5, 5.41) is 11.2. The van der Waals surface area contributed by atoms with Crippen molar-refractivity contribution in [2.24, 2.45) is 0 Å². The van der Waals surface area contributed by atoms with Crippen LogP contribution in [0.4, 0.5) is 5.69 Å². The fourth-order valence-corrected chi connectivity index (χ4v) is 2.25. The summed E-state index contributed by atoms with van der Waals surface area (Å²) in [6.07, 6.45) is 6.76. The van der Waals surface area contributed by atoms with Gasteiger partial charge in [-0.3, -0.25) is 14.2 Å². The highest BCUT2D eigenvalue weighted by molar-refractivity contribution is 6.03. The number of anilines is 1. The summed E-state index contributed by atoms with van der Waals surface area (Å²) in [5.74, 6) is -0.181. The van der Waals surface area contributed by atoms with Crippen LogP contribution in [-0.4, -0.2) is 25.5 Å². The minimum absolute atomic E-state index is 0.181. The van der Waals surface area contributed by atoms with Crippen LogP contribution in [0.5, 0.6) is 0 Å². The third kappa shape index (κ3) is 3.66. The largest absolute Gasteiger partial charge is 0.319 e. The fourth-order valence-electron chi connectivity index (χ4n) is 2.25. The fraction of sp³-hybridized carbons (Fsp3) is 0.235. The van der Waals surface area contributed by atoms with Gasteiger partial charge in [-0.2, -0.15) is 10.2 Å². The normalized spacial score (nSPS) is 10.7. The molecule has 0 aliphatic carbocycles. The molecule has 1 aromatic carbocycles. The van der Waals surface area contributed by atoms with Gasteiger partial charge in [0.05, 0.1) is 30.2 Å². The summed E-state index contributed by atoms with van der Waals surface area (Å²) in [6, 6.07) is 8.31. The predicted molar refractivity (Wildman–Crippen MR) is 88.4 cm³/mol. The number of nitrogens with zero attached hydrogens (tertiary/aromatic N) is 4. The van der Waals surface area contributed by atoms with Crippen molar-refractivity contribution < 1.29 is 4.79 Å². The van der Waals surface area contributed by atoms with Gasteiger partial charge < -0.3 is 5.32 Å². The zero-order chi connectivity index (χ0) is 16.2. The highest BCUT2D eigenvalue weighted by atomic mass is 16.1. The lowest BCUT2D eigenvalue weighted by atomic mass is 10.1. The van der Waals surface area contributed by atoms with Crippen LogP contribution in [0.25, 0.3) is 0 Å². The van der Waals surface area contributed by atoms with Crippen molar-refractivity contribution in [3.8, 4) is 0 Å². The third-order valence-corrected chi connectivity index (χ3v) is 3.58. The van der Waals surface area contributed by atoms with Crippen molar-refractivity contribution in [3.63, 3.8) is 0 Å². The van der Waals surface area contributed by atoms with E-state index in [-0.39, 0.29) is 5.91 Å². The Morgan fingerprint density at radius 3 is 2.52 bits per heavy atom. The van der Waals surface area contributed by atoms with Crippen LogP contribution in [-0.2, 0) is 13.1 Å². The molecular formula is C17H19N5O. The van der Waals surface area contributed by atoms with Gasteiger partial charge in [0.2, 0.25) is 0 Å². The molecular weight excluding hydrogens is 290 g/mol. The Labute approximate surface area is 134 Å². The Morgan fingerprint density at radius 1 is 1.09 bits per heavy atom. The first-order valence-corrected chi connectivity index (χ1v) is 7.56. The molecule has 0 spiro atoms. The molecule has 2 heterocycles. The SMILES string of the molecule is CCn1cc(C(=O)Nc2cnn(Cc3ccc(C)cc3)c2)cn1. The van der Waals surface area contributed by atoms with Crippen LogP contribution in [0, 0.1) is 6.92 Å². The number of benzene rings is 1. The molecule has 1 amide bonds. The molecule has 0 radical (unpaired) electrons. The van der Waals surface area contributed by atoms with Crippen molar-refractivity contribution in [3.05, 3.63) is 65.7 Å². The van der Waals surface area contributed by atoms with Crippen molar-refractivity contribution in [2.45, 2.75) is 26.9 Å². The third-order valence-electron chi connectivity index (χ3n) is 3.58. The number of amides is 1. The lowest BCUT2D eigenvalue weighted by Gasteiger charge is -2.02. The second-order valence-corrected chi connectivity index (χ2v) is 5.45. The number of carbonyl (C=O) groups is 1. The molecule has 3 aromatic rings. The average molecular weight is 309 g/mol. The van der Waals surface area contributed by atoms with Crippen LogP contribution in [0.2, 0.25) is 0 Å². The second kappa shape index (κ2) is 6.48. The Kier molecular flexibility index (Phi) is 4.23. The quantitative estimate of drug-likeness (QED) is 0.788. The molecule has 0 bridgehead atoms. The Morgan fingerprint density at radius 2 is 1.83 bits per heavy atom. The maximum absolute atomic E-state index is 12.1. The van der Waals surface area contributed by atoms with Gasteiger partial charge in [-0.15, -0.1) is 0 Å². The zero-order valence-electron chi connectivity index (χ0n) is 13.2. The number of aromatic nitrogens is 4. The maximum atomic E-state index is 12.1. The van der Waals surface area contributed by atoms with Crippen molar-refractivity contribution in [2.75, 3.05) is 5.32 Å². The van der Waals surface area contributed by atoms with Gasteiger partial charge in [-0.1, -0.05) is 29.8 Å². The first kappa shape index (κ1) is 15.0. The van der Waals surface area contributed by atoms with E-state index >= 15 is 0 Å². The summed E-state index contributed by atoms with van der Waals surface area (Å²) in [4.78, 5) is 12.1. The van der Waals surface area contributed by atoms with E-state index in [1.807, 2.05) is 13.1 Å². The number of rotatable bonds is 5. The lowest BCUT2D eigenvalue weighted by molar-refractivity contribution is 0.102. The molecule has 6 heteroatoms. The molecule has 0 saturated heterocycles. The number of carbonyl (C=O) groups excluding carboxylic acids is 1. The Balaban J connectivity index is 1.64. The molecule has 0 aliphatic heterocycles. The first-order valence-electron chi connectivity index (χ1n) is 7.56. The minimum Gasteiger partial charge on any atom is -0.319 e. The van der Waals surface area contributed by atoms with Crippen molar-refractivity contribution in [1.82, 2.24) is 19.6 Å². The van der Waals surface area contributed by atoms with Crippen LogP contribution >= 0.6 is 0 Å². The smallest absolute Gasteiger partial charge is 0.258 e. The van der Waals surface area contributed by atoms with Crippen LogP contribution in [0.1, 0.15) is 28.4 Å². The second-order valence-electron chi connectivity index (χ2n) is 5.45. The zero-order valence-corrected chi connectivity index (χ0v) is 13.2. The van der Waals surface area contributed by atoms with Gasteiger partial charge in [0, 0.05) is 18.9 Å². The topological polar surface area (TPSA) is 64.7 Å². The molecule has 0 unspecified atom stereocenters. The van der Waals surface area contributed by atoms with Crippen molar-refractivity contribution >= 4 is 11.6 Å². The van der Waals surface area contributed by atoms with Gasteiger partial charge in [0.15, 0.2) is 0 Å². The minimum atomic E-state index is -0.181. The molecule has 118 valence electrons. The van der Waals surface area contributed by atoms with E-state index in [1.54, 1.807) is 28.0 Å². The molecule has 2 aromatic heterocycles. The molecule has 23 heavy (non-hydrogen) atoms. The monoisotopic (exact) mass is 309 g/mol. The van der Waals surface area contributed by atoms with Crippen molar-refractivity contribution in [1.29, 1.82) is 0 Å². The molecule has 0 aliphatic rings. The first-order chi connectivity index (χ1) is 11.1. The number of nitrogens with one attached hydrogen (secondary N) is 1. The molecule has 6 nitrogen and oxygen atoms in total. The van der Waals surface area contributed by atoms with Crippen LogP contribution < -0.4 is 5.32 Å². The number of hydrogen-bond acceptors (Lipinski definition) is 3. The molecule has 3 rings (SSSR count). The molecule has 0 atom stereocenters. The summed E-state index contributed by atoms with van der Waals surface area (Å²) in [7, 11) is 0. The van der Waals surface area contributed by atoms with E-state index < -0.39 is 0 Å². The summed E-state index contributed by atoms with van der Waals surface area (Å²) >= 11 is 0. The standard InChI is InChI=1S/C17H19N5O/c1-3-21-11-15(8-18-21)17(23)20-16-9-19-22(12-16)10-14-6-4-13(2)5-7-14/h4-9,11-12H,3,10H2,1-2H3,(H,20,23). The summed E-state index contributed by atoms with van der Waals surface area (Å²) in [5.41, 5.74) is 3.61. The van der Waals surface area contributed by atoms with E-state index in [9.17, 15) is 4.79 Å². The van der Waals surface area contributed by atoms with E-state index in [1.165, 1.54) is 11.1 Å². The summed E-state index contributed by atoms with van der Waals surface area (Å²) < 4.78 is 3.52. The van der Waals surface area contributed by atoms with Gasteiger partial charge in [-0.05, 0) is 19.4 Å². The van der Waals surface area contributed by atoms with E-state index in [0.29, 0.717) is 17.8 Å². The number of aryl methyl sites for hydroxylation is 2. The number of hydrogen-bond donors (Lipinski definition) is 1.